The van der Waals surface area contributed by atoms with Crippen molar-refractivity contribution >= 4 is 0 Å². The van der Waals surface area contributed by atoms with Crippen LogP contribution in [0, 0.1) is 20.8 Å². The Kier molecular flexibility index (Phi) is 3.87. The van der Waals surface area contributed by atoms with Crippen molar-refractivity contribution in [2.24, 2.45) is 0 Å². The molecule has 1 atom stereocenters. The van der Waals surface area contributed by atoms with E-state index in [1.54, 1.807) is 0 Å². The van der Waals surface area contributed by atoms with Crippen LogP contribution in [0.25, 0.3) is 0 Å². The van der Waals surface area contributed by atoms with Gasteiger partial charge in [-0.1, -0.05) is 0 Å². The molecular weight excluding hydrogens is 226 g/mol. The number of nitrogens with one attached hydrogen (secondary N) is 1. The number of furan rings is 1. The number of imidazole rings is 1. The Morgan fingerprint density at radius 3 is 2.72 bits per heavy atom. The summed E-state index contributed by atoms with van der Waals surface area (Å²) < 4.78 is 7.70. The minimum Gasteiger partial charge on any atom is -0.466 e. The van der Waals surface area contributed by atoms with Crippen molar-refractivity contribution in [3.8, 4) is 0 Å². The van der Waals surface area contributed by atoms with Gasteiger partial charge >= 0.3 is 0 Å². The van der Waals surface area contributed by atoms with Gasteiger partial charge in [-0.2, -0.15) is 0 Å². The van der Waals surface area contributed by atoms with E-state index in [0.717, 1.165) is 30.4 Å². The van der Waals surface area contributed by atoms with E-state index in [0.29, 0.717) is 6.04 Å². The van der Waals surface area contributed by atoms with Crippen molar-refractivity contribution in [3.05, 3.63) is 41.4 Å². The maximum atomic E-state index is 5.55. The number of nitrogens with zero attached hydrogens (tertiary/aromatic N) is 2. The van der Waals surface area contributed by atoms with E-state index < -0.39 is 0 Å². The smallest absolute Gasteiger partial charge is 0.105 e. The second-order valence-electron chi connectivity index (χ2n) is 4.71. The maximum Gasteiger partial charge on any atom is 0.105 e. The first-order valence-electron chi connectivity index (χ1n) is 6.36. The molecule has 4 nitrogen and oxygen atoms in total. The molecule has 2 heterocycles. The van der Waals surface area contributed by atoms with Crippen LogP contribution in [0.4, 0.5) is 0 Å². The Bertz CT molecular complexity index is 513. The molecule has 0 aliphatic carbocycles. The molecule has 2 aromatic heterocycles. The zero-order valence-corrected chi connectivity index (χ0v) is 11.5. The van der Waals surface area contributed by atoms with Crippen molar-refractivity contribution in [1.29, 1.82) is 0 Å². The van der Waals surface area contributed by atoms with E-state index >= 15 is 0 Å². The normalized spacial score (nSPS) is 12.9. The lowest BCUT2D eigenvalue weighted by Gasteiger charge is -2.13. The summed E-state index contributed by atoms with van der Waals surface area (Å²) in [6.45, 7) is 10.0. The van der Waals surface area contributed by atoms with Crippen molar-refractivity contribution in [1.82, 2.24) is 14.9 Å². The van der Waals surface area contributed by atoms with Crippen LogP contribution < -0.4 is 5.32 Å². The molecular formula is C14H21N3O. The van der Waals surface area contributed by atoms with Crippen LogP contribution >= 0.6 is 0 Å². The van der Waals surface area contributed by atoms with E-state index in [9.17, 15) is 0 Å². The Balaban J connectivity index is 1.87. The van der Waals surface area contributed by atoms with Crippen molar-refractivity contribution < 1.29 is 4.42 Å². The SMILES string of the molecule is Cc1cc(C(C)NCCn2ccnc2C)c(C)o1. The molecule has 1 N–H and O–H groups in total. The molecule has 0 saturated heterocycles. The summed E-state index contributed by atoms with van der Waals surface area (Å²) in [5, 5.41) is 3.51. The first kappa shape index (κ1) is 12.9. The minimum atomic E-state index is 0.311. The van der Waals surface area contributed by atoms with Crippen LogP contribution in [0.15, 0.2) is 22.9 Å². The molecule has 4 heteroatoms. The topological polar surface area (TPSA) is 43.0 Å². The Morgan fingerprint density at radius 2 is 2.17 bits per heavy atom. The molecule has 18 heavy (non-hydrogen) atoms. The quantitative estimate of drug-likeness (QED) is 0.883. The van der Waals surface area contributed by atoms with E-state index in [-0.39, 0.29) is 0 Å². The number of hydrogen-bond acceptors (Lipinski definition) is 3. The zero-order valence-electron chi connectivity index (χ0n) is 11.5. The number of aromatic nitrogens is 2. The summed E-state index contributed by atoms with van der Waals surface area (Å²) in [6, 6.07) is 2.42. The van der Waals surface area contributed by atoms with Crippen molar-refractivity contribution in [2.75, 3.05) is 6.54 Å². The van der Waals surface area contributed by atoms with Gasteiger partial charge in [-0.25, -0.2) is 4.98 Å². The van der Waals surface area contributed by atoms with Crippen LogP contribution in [-0.4, -0.2) is 16.1 Å². The largest absolute Gasteiger partial charge is 0.466 e. The molecule has 0 fully saturated rings. The highest BCUT2D eigenvalue weighted by molar-refractivity contribution is 5.23. The van der Waals surface area contributed by atoms with Gasteiger partial charge in [0, 0.05) is 37.1 Å². The molecule has 2 rings (SSSR count). The first-order chi connectivity index (χ1) is 8.58. The van der Waals surface area contributed by atoms with Gasteiger partial charge in [0.2, 0.25) is 0 Å². The fraction of sp³-hybridized carbons (Fsp3) is 0.500. The van der Waals surface area contributed by atoms with Gasteiger partial charge in [0.15, 0.2) is 0 Å². The lowest BCUT2D eigenvalue weighted by Crippen LogP contribution is -2.23. The van der Waals surface area contributed by atoms with Gasteiger partial charge in [-0.15, -0.1) is 0 Å². The molecule has 0 spiro atoms. The van der Waals surface area contributed by atoms with E-state index in [4.69, 9.17) is 4.42 Å². The Hall–Kier alpha value is -1.55. The Morgan fingerprint density at radius 1 is 1.39 bits per heavy atom. The lowest BCUT2D eigenvalue weighted by atomic mass is 10.1. The van der Waals surface area contributed by atoms with Crippen molar-refractivity contribution in [3.63, 3.8) is 0 Å². The molecule has 2 aromatic rings. The number of rotatable bonds is 5. The van der Waals surface area contributed by atoms with Crippen molar-refractivity contribution in [2.45, 2.75) is 40.3 Å². The highest BCUT2D eigenvalue weighted by atomic mass is 16.3. The lowest BCUT2D eigenvalue weighted by molar-refractivity contribution is 0.484. The van der Waals surface area contributed by atoms with Gasteiger partial charge in [-0.3, -0.25) is 0 Å². The number of aryl methyl sites for hydroxylation is 3. The third kappa shape index (κ3) is 2.82. The summed E-state index contributed by atoms with van der Waals surface area (Å²) in [4.78, 5) is 4.21. The van der Waals surface area contributed by atoms with Gasteiger partial charge in [0.1, 0.15) is 17.3 Å². The molecule has 98 valence electrons. The zero-order chi connectivity index (χ0) is 13.1. The molecule has 0 aliphatic heterocycles. The molecule has 0 saturated carbocycles. The van der Waals surface area contributed by atoms with Crippen LogP contribution in [0.5, 0.6) is 0 Å². The summed E-state index contributed by atoms with van der Waals surface area (Å²) in [6.07, 6.45) is 3.84. The predicted molar refractivity (Wildman–Crippen MR) is 71.6 cm³/mol. The standard InChI is InChI=1S/C14H21N3O/c1-10-9-14(12(3)18-10)11(2)15-5-7-17-8-6-16-13(17)4/h6,8-9,11,15H,5,7H2,1-4H3. The highest BCUT2D eigenvalue weighted by Crippen LogP contribution is 2.20. The second kappa shape index (κ2) is 5.40. The van der Waals surface area contributed by atoms with Gasteiger partial charge < -0.3 is 14.3 Å². The molecule has 0 radical (unpaired) electrons. The van der Waals surface area contributed by atoms with Gasteiger partial charge in [-0.05, 0) is 33.8 Å². The third-order valence-electron chi connectivity index (χ3n) is 3.27. The first-order valence-corrected chi connectivity index (χ1v) is 6.36. The van der Waals surface area contributed by atoms with Gasteiger partial charge in [0.25, 0.3) is 0 Å². The molecule has 0 aliphatic rings. The fourth-order valence-corrected chi connectivity index (χ4v) is 2.23. The van der Waals surface area contributed by atoms with E-state index in [1.165, 1.54) is 5.56 Å². The minimum absolute atomic E-state index is 0.311. The number of hydrogen-bond donors (Lipinski definition) is 1. The van der Waals surface area contributed by atoms with Crippen LogP contribution in [0.3, 0.4) is 0 Å². The maximum absolute atomic E-state index is 5.55. The summed E-state index contributed by atoms with van der Waals surface area (Å²) in [5.41, 5.74) is 1.25. The second-order valence-corrected chi connectivity index (χ2v) is 4.71. The van der Waals surface area contributed by atoms with E-state index in [2.05, 4.69) is 27.9 Å². The fourth-order valence-electron chi connectivity index (χ4n) is 2.23. The average Bonchev–Trinajstić information content (AvgIpc) is 2.85. The molecule has 0 bridgehead atoms. The molecule has 0 amide bonds. The molecule has 1 unspecified atom stereocenters. The summed E-state index contributed by atoms with van der Waals surface area (Å²) in [7, 11) is 0. The third-order valence-corrected chi connectivity index (χ3v) is 3.27. The average molecular weight is 247 g/mol. The van der Waals surface area contributed by atoms with Crippen LogP contribution in [0.2, 0.25) is 0 Å². The van der Waals surface area contributed by atoms with Crippen LogP contribution in [-0.2, 0) is 6.54 Å². The van der Waals surface area contributed by atoms with Gasteiger partial charge in [0.05, 0.1) is 0 Å². The molecule has 0 aromatic carbocycles. The Labute approximate surface area is 108 Å². The summed E-state index contributed by atoms with van der Waals surface area (Å²) >= 11 is 0. The summed E-state index contributed by atoms with van der Waals surface area (Å²) in [5.74, 6) is 3.03. The monoisotopic (exact) mass is 247 g/mol. The predicted octanol–water partition coefficient (Wildman–Crippen LogP) is 2.75. The van der Waals surface area contributed by atoms with E-state index in [1.807, 2.05) is 33.2 Å². The highest BCUT2D eigenvalue weighted by Gasteiger charge is 2.11. The van der Waals surface area contributed by atoms with Crippen LogP contribution in [0.1, 0.15) is 35.9 Å².